The van der Waals surface area contributed by atoms with E-state index in [0.29, 0.717) is 0 Å². The second-order valence-corrected chi connectivity index (χ2v) is 21.6. The van der Waals surface area contributed by atoms with Gasteiger partial charge in [0.15, 0.2) is 0 Å². The van der Waals surface area contributed by atoms with Crippen molar-refractivity contribution in [3.63, 3.8) is 0 Å². The van der Waals surface area contributed by atoms with Gasteiger partial charge in [-0.25, -0.2) is 8.42 Å². The van der Waals surface area contributed by atoms with Crippen LogP contribution in [0.4, 0.5) is 28.4 Å². The van der Waals surface area contributed by atoms with Gasteiger partial charge in [-0.2, -0.15) is 0 Å². The summed E-state index contributed by atoms with van der Waals surface area (Å²) in [5, 5.41) is 0. The Balaban J connectivity index is 1.32. The van der Waals surface area contributed by atoms with E-state index in [1.165, 1.54) is 22.3 Å². The number of sulfone groups is 1. The largest absolute Gasteiger partial charge is 0.334 e. The first-order chi connectivity index (χ1) is 26.5. The third kappa shape index (κ3) is 9.31. The molecule has 0 aliphatic heterocycles. The minimum Gasteiger partial charge on any atom is -0.334 e. The van der Waals surface area contributed by atoms with Crippen LogP contribution in [0.3, 0.4) is 0 Å². The Morgan fingerprint density at radius 2 is 0.754 bits per heavy atom. The maximum atomic E-state index is 14.2. The predicted molar refractivity (Wildman–Crippen MR) is 243 cm³/mol. The van der Waals surface area contributed by atoms with Crippen LogP contribution in [-0.4, -0.2) is 14.5 Å². The first-order valence-electron chi connectivity index (χ1n) is 20.3. The SMILES string of the molecule is CC(C)(C)C1=CCC(N(c2ccc(C(C)(C)C)cc2)c2ccc(S(=O)(=O)c3ccc(N(c4ccc(C(C)(C)C)cc4)c4ccc(C(C)(C)C)cc4)cc3)cc2)C=C1. The molecule has 1 unspecified atom stereocenters. The van der Waals surface area contributed by atoms with Crippen LogP contribution in [0.5, 0.6) is 0 Å². The van der Waals surface area contributed by atoms with Crippen molar-refractivity contribution < 1.29 is 8.42 Å². The van der Waals surface area contributed by atoms with Crippen LogP contribution >= 0.6 is 0 Å². The average Bonchev–Trinajstić information content (AvgIpc) is 3.15. The summed E-state index contributed by atoms with van der Waals surface area (Å²) in [7, 11) is -3.79. The highest BCUT2D eigenvalue weighted by Gasteiger charge is 2.26. The van der Waals surface area contributed by atoms with Gasteiger partial charge < -0.3 is 9.80 Å². The van der Waals surface area contributed by atoms with Crippen LogP contribution in [0.15, 0.2) is 155 Å². The fraction of sp³-hybridized carbons (Fsp3) is 0.346. The number of nitrogens with zero attached hydrogens (tertiary/aromatic N) is 2. The Hall–Kier alpha value is -4.87. The molecule has 0 radical (unpaired) electrons. The number of rotatable bonds is 8. The predicted octanol–water partition coefficient (Wildman–Crippen LogP) is 14.3. The Labute approximate surface area is 343 Å². The summed E-state index contributed by atoms with van der Waals surface area (Å²) in [4.78, 5) is 5.03. The number of allylic oxidation sites excluding steroid dienone is 2. The maximum Gasteiger partial charge on any atom is 0.206 e. The van der Waals surface area contributed by atoms with Crippen molar-refractivity contribution in [2.75, 3.05) is 9.80 Å². The van der Waals surface area contributed by atoms with Crippen molar-refractivity contribution in [3.05, 3.63) is 162 Å². The van der Waals surface area contributed by atoms with Gasteiger partial charge in [0.25, 0.3) is 0 Å². The van der Waals surface area contributed by atoms with Crippen molar-refractivity contribution in [2.45, 2.75) is 122 Å². The number of hydrogen-bond acceptors (Lipinski definition) is 4. The summed E-state index contributed by atoms with van der Waals surface area (Å²) >= 11 is 0. The number of benzene rings is 5. The van der Waals surface area contributed by atoms with E-state index in [0.717, 1.165) is 34.9 Å². The third-order valence-electron chi connectivity index (χ3n) is 11.1. The quantitative estimate of drug-likeness (QED) is 0.157. The minimum absolute atomic E-state index is 0.0301. The van der Waals surface area contributed by atoms with E-state index in [-0.39, 0.29) is 37.5 Å². The molecule has 0 saturated heterocycles. The van der Waals surface area contributed by atoms with Gasteiger partial charge in [-0.05, 0) is 135 Å². The van der Waals surface area contributed by atoms with Crippen LogP contribution in [0.1, 0.15) is 106 Å². The van der Waals surface area contributed by atoms with Crippen LogP contribution in [0, 0.1) is 5.41 Å². The van der Waals surface area contributed by atoms with Gasteiger partial charge in [-0.1, -0.05) is 138 Å². The summed E-state index contributed by atoms with van der Waals surface area (Å²) in [6.07, 6.45) is 7.73. The lowest BCUT2D eigenvalue weighted by Gasteiger charge is -2.35. The van der Waals surface area contributed by atoms with Gasteiger partial charge in [0.1, 0.15) is 0 Å². The zero-order valence-corrected chi connectivity index (χ0v) is 37.0. The second kappa shape index (κ2) is 15.5. The highest BCUT2D eigenvalue weighted by atomic mass is 32.2. The van der Waals surface area contributed by atoms with E-state index in [2.05, 4.69) is 184 Å². The van der Waals surface area contributed by atoms with Crippen molar-refractivity contribution in [1.82, 2.24) is 0 Å². The molecule has 0 spiro atoms. The Morgan fingerprint density at radius 3 is 1.05 bits per heavy atom. The molecule has 0 N–H and O–H groups in total. The number of anilines is 5. The van der Waals surface area contributed by atoms with Crippen molar-refractivity contribution in [3.8, 4) is 0 Å². The monoisotopic (exact) mass is 778 g/mol. The lowest BCUT2D eigenvalue weighted by atomic mass is 9.82. The van der Waals surface area contributed by atoms with E-state index in [4.69, 9.17) is 0 Å². The molecule has 5 aromatic carbocycles. The molecular formula is C52H62N2O2S. The summed E-state index contributed by atoms with van der Waals surface area (Å²) in [6, 6.07) is 40.9. The number of hydrogen-bond donors (Lipinski definition) is 0. The lowest BCUT2D eigenvalue weighted by Crippen LogP contribution is -2.31. The smallest absolute Gasteiger partial charge is 0.206 e. The highest BCUT2D eigenvalue weighted by molar-refractivity contribution is 7.91. The van der Waals surface area contributed by atoms with Crippen LogP contribution < -0.4 is 9.80 Å². The summed E-state index contributed by atoms with van der Waals surface area (Å²) in [6.45, 7) is 26.7. The van der Waals surface area contributed by atoms with Gasteiger partial charge in [-0.15, -0.1) is 0 Å². The summed E-state index contributed by atoms with van der Waals surface area (Å²) in [5.74, 6) is 0. The molecule has 0 fully saturated rings. The molecule has 0 aromatic heterocycles. The molecule has 57 heavy (non-hydrogen) atoms. The molecule has 5 heteroatoms. The van der Waals surface area contributed by atoms with Crippen LogP contribution in [0.25, 0.3) is 0 Å². The molecule has 6 rings (SSSR count). The van der Waals surface area contributed by atoms with Crippen LogP contribution in [0.2, 0.25) is 0 Å². The topological polar surface area (TPSA) is 40.6 Å². The molecule has 0 amide bonds. The van der Waals surface area contributed by atoms with Crippen LogP contribution in [-0.2, 0) is 26.1 Å². The fourth-order valence-corrected chi connectivity index (χ4v) is 8.64. The van der Waals surface area contributed by atoms with Gasteiger partial charge in [0.2, 0.25) is 9.84 Å². The Bertz CT molecular complexity index is 2270. The van der Waals surface area contributed by atoms with E-state index >= 15 is 0 Å². The van der Waals surface area contributed by atoms with Gasteiger partial charge in [0, 0.05) is 28.4 Å². The first-order valence-corrected chi connectivity index (χ1v) is 21.8. The minimum atomic E-state index is -3.79. The van der Waals surface area contributed by atoms with Crippen molar-refractivity contribution in [2.24, 2.45) is 5.41 Å². The van der Waals surface area contributed by atoms with E-state index in [1.54, 1.807) is 24.3 Å². The summed E-state index contributed by atoms with van der Waals surface area (Å²) < 4.78 is 28.4. The second-order valence-electron chi connectivity index (χ2n) is 19.7. The lowest BCUT2D eigenvalue weighted by molar-refractivity contribution is 0.510. The Morgan fingerprint density at radius 1 is 0.439 bits per heavy atom. The van der Waals surface area contributed by atoms with Crippen molar-refractivity contribution >= 4 is 38.3 Å². The molecule has 4 nitrogen and oxygen atoms in total. The summed E-state index contributed by atoms with van der Waals surface area (Å²) in [5.41, 5.74) is 10.2. The zero-order chi connectivity index (χ0) is 41.6. The maximum absolute atomic E-state index is 14.2. The molecule has 0 bridgehead atoms. The molecule has 5 aromatic rings. The van der Waals surface area contributed by atoms with Crippen molar-refractivity contribution in [1.29, 1.82) is 0 Å². The normalized spacial score (nSPS) is 15.3. The molecule has 1 aliphatic carbocycles. The third-order valence-corrected chi connectivity index (χ3v) is 12.9. The van der Waals surface area contributed by atoms with E-state index < -0.39 is 9.84 Å². The highest BCUT2D eigenvalue weighted by Crippen LogP contribution is 2.40. The van der Waals surface area contributed by atoms with Gasteiger partial charge in [-0.3, -0.25) is 0 Å². The molecule has 1 aliphatic rings. The average molecular weight is 779 g/mol. The van der Waals surface area contributed by atoms with Gasteiger partial charge >= 0.3 is 0 Å². The molecular weight excluding hydrogens is 717 g/mol. The zero-order valence-electron chi connectivity index (χ0n) is 36.2. The van der Waals surface area contributed by atoms with E-state index in [9.17, 15) is 8.42 Å². The molecule has 1 atom stereocenters. The van der Waals surface area contributed by atoms with Gasteiger partial charge in [0.05, 0.1) is 15.8 Å². The molecule has 0 saturated carbocycles. The molecule has 0 heterocycles. The Kier molecular flexibility index (Phi) is 11.3. The molecule has 298 valence electrons. The first kappa shape index (κ1) is 41.8. The fourth-order valence-electron chi connectivity index (χ4n) is 7.38. The standard InChI is InChI=1S/C52H62N2O2S/c1-49(2,3)37-13-21-41(22-14-37)53(42-23-15-38(16-24-42)50(4,5)6)45-29-33-47(34-30-45)57(55,56)48-35-31-46(32-36-48)54(43-25-17-39(18-26-43)51(7,8)9)44-27-19-40(20-28-44)52(10,11)12/h13-27,29-36,44H,28H2,1-12H3. The van der Waals surface area contributed by atoms with E-state index in [1.807, 2.05) is 24.3 Å².